The van der Waals surface area contributed by atoms with E-state index in [1.807, 2.05) is 0 Å². The maximum atomic E-state index is 13.6. The van der Waals surface area contributed by atoms with Crippen LogP contribution >= 0.6 is 95.6 Å². The third kappa shape index (κ3) is 8.83. The quantitative estimate of drug-likeness (QED) is 0.0671. The predicted octanol–water partition coefficient (Wildman–Crippen LogP) is 9.02. The van der Waals surface area contributed by atoms with Crippen molar-refractivity contribution in [3.8, 4) is 5.75 Å². The number of non-ortho nitro benzene ring substituents is 2. The van der Waals surface area contributed by atoms with Gasteiger partial charge in [0.2, 0.25) is 0 Å². The molecule has 0 aromatic heterocycles. The highest BCUT2D eigenvalue weighted by Gasteiger charge is 2.23. The lowest BCUT2D eigenvalue weighted by atomic mass is 10.0. The molecule has 3 amide bonds. The molecule has 0 aliphatic heterocycles. The Morgan fingerprint density at radius 2 is 0.812 bits per heavy atom. The Bertz CT molecular complexity index is 1860. The number of nitrogens with one attached hydrogen (secondary N) is 3. The van der Waals surface area contributed by atoms with Gasteiger partial charge in [-0.05, 0) is 114 Å². The van der Waals surface area contributed by atoms with Crippen LogP contribution < -0.4 is 26.7 Å². The minimum Gasteiger partial charge on any atom is -0.320 e. The molecule has 0 unspecified atom stereocenters. The average Bonchev–Trinajstić information content (AvgIpc) is 3.01. The van der Waals surface area contributed by atoms with Crippen LogP contribution in [0.3, 0.4) is 0 Å². The van der Waals surface area contributed by atoms with Crippen LogP contribution in [-0.2, 0) is 4.99 Å². The molecule has 0 fully saturated rings. The fourth-order valence-electron chi connectivity index (χ4n) is 3.92. The second-order valence-corrected chi connectivity index (χ2v) is 14.3. The third-order valence-corrected chi connectivity index (χ3v) is 9.82. The van der Waals surface area contributed by atoms with E-state index in [9.17, 15) is 34.6 Å². The van der Waals surface area contributed by atoms with Crippen molar-refractivity contribution in [1.29, 1.82) is 0 Å². The van der Waals surface area contributed by atoms with Gasteiger partial charge in [0.25, 0.3) is 29.1 Å². The molecule has 0 heterocycles. The Morgan fingerprint density at radius 3 is 1.06 bits per heavy atom. The van der Waals surface area contributed by atoms with Gasteiger partial charge in [0.05, 0.1) is 26.9 Å². The largest absolute Gasteiger partial charge is 0.320 e. The number of carbonyl (C=O) groups is 3. The summed E-state index contributed by atoms with van der Waals surface area (Å²) in [6.07, 6.45) is 0. The SMILES string of the molecule is NOOc1cc(Br)c(NC(=O)c2cc(C(=O)Nc3c(Br)cc([N+](=O)[O-])cc3Br)cc(C(=O)Nc3c(Br)cc([N+](=O)[O-])cc3Br)c2)c(Br)c1. The van der Waals surface area contributed by atoms with E-state index in [0.29, 0.717) is 8.95 Å². The molecule has 15 nitrogen and oxygen atoms in total. The number of nitrogens with two attached hydrogens (primary N) is 1. The minimum atomic E-state index is -0.780. The van der Waals surface area contributed by atoms with E-state index in [0.717, 1.165) is 0 Å². The first-order chi connectivity index (χ1) is 22.6. The van der Waals surface area contributed by atoms with Gasteiger partial charge in [-0.2, -0.15) is 5.90 Å². The lowest BCUT2D eigenvalue weighted by Crippen LogP contribution is -2.20. The summed E-state index contributed by atoms with van der Waals surface area (Å²) in [5.41, 5.74) is -0.379. The Labute approximate surface area is 319 Å². The van der Waals surface area contributed by atoms with E-state index in [1.165, 1.54) is 54.6 Å². The number of amides is 3. The first-order valence-electron chi connectivity index (χ1n) is 12.5. The van der Waals surface area contributed by atoms with Gasteiger partial charge in [0.1, 0.15) is 0 Å². The molecule has 0 saturated carbocycles. The highest BCUT2D eigenvalue weighted by atomic mass is 79.9. The maximum absolute atomic E-state index is 13.6. The van der Waals surface area contributed by atoms with E-state index >= 15 is 0 Å². The summed E-state index contributed by atoms with van der Waals surface area (Å²) in [7, 11) is 0. The number of benzene rings is 4. The van der Waals surface area contributed by atoms with Crippen LogP contribution in [0, 0.1) is 20.2 Å². The number of anilines is 3. The average molecular weight is 1050 g/mol. The van der Waals surface area contributed by atoms with E-state index in [-0.39, 0.29) is 68.8 Å². The van der Waals surface area contributed by atoms with Crippen LogP contribution in [0.4, 0.5) is 28.4 Å². The second kappa shape index (κ2) is 15.9. The number of rotatable bonds is 10. The van der Waals surface area contributed by atoms with Gasteiger partial charge in [-0.25, -0.2) is 0 Å². The van der Waals surface area contributed by atoms with E-state index in [2.05, 4.69) is 117 Å². The van der Waals surface area contributed by atoms with Crippen molar-refractivity contribution < 1.29 is 34.1 Å². The van der Waals surface area contributed by atoms with Crippen molar-refractivity contribution in [2.75, 3.05) is 16.0 Å². The number of nitrogens with zero attached hydrogens (tertiary/aromatic N) is 2. The molecule has 248 valence electrons. The van der Waals surface area contributed by atoms with Crippen LogP contribution in [0.1, 0.15) is 31.1 Å². The summed E-state index contributed by atoms with van der Waals surface area (Å²) in [6, 6.07) is 11.3. The van der Waals surface area contributed by atoms with Crippen molar-refractivity contribution in [2.45, 2.75) is 0 Å². The van der Waals surface area contributed by atoms with Crippen LogP contribution in [0.5, 0.6) is 5.75 Å². The third-order valence-electron chi connectivity index (χ3n) is 6.07. The van der Waals surface area contributed by atoms with Gasteiger partial charge in [-0.15, -0.1) is 0 Å². The molecule has 0 saturated heterocycles. The molecule has 5 N–H and O–H groups in total. The van der Waals surface area contributed by atoms with Gasteiger partial charge in [0, 0.05) is 79.9 Å². The summed E-state index contributed by atoms with van der Waals surface area (Å²) in [5, 5.41) is 30.4. The number of halogens is 6. The van der Waals surface area contributed by atoms with Crippen molar-refractivity contribution in [1.82, 2.24) is 0 Å². The van der Waals surface area contributed by atoms with Crippen LogP contribution in [0.2, 0.25) is 0 Å². The summed E-state index contributed by atoms with van der Waals surface area (Å²) in [5.74, 6) is 2.84. The molecule has 48 heavy (non-hydrogen) atoms. The van der Waals surface area contributed by atoms with Crippen LogP contribution in [0.15, 0.2) is 81.4 Å². The van der Waals surface area contributed by atoms with Crippen molar-refractivity contribution >= 4 is 142 Å². The zero-order chi connectivity index (χ0) is 35.4. The van der Waals surface area contributed by atoms with Gasteiger partial charge in [-0.3, -0.25) is 34.6 Å². The Kier molecular flexibility index (Phi) is 12.5. The Balaban J connectivity index is 1.75. The summed E-state index contributed by atoms with van der Waals surface area (Å²) in [4.78, 5) is 70.9. The van der Waals surface area contributed by atoms with Gasteiger partial charge in [0.15, 0.2) is 5.75 Å². The molecule has 4 aromatic rings. The topological polar surface area (TPSA) is 218 Å². The molecule has 0 aliphatic rings. The molecule has 4 rings (SSSR count). The second-order valence-electron chi connectivity index (χ2n) is 9.19. The lowest BCUT2D eigenvalue weighted by Gasteiger charge is -2.15. The summed E-state index contributed by atoms with van der Waals surface area (Å²) < 4.78 is 1.42. The van der Waals surface area contributed by atoms with Crippen molar-refractivity contribution in [3.05, 3.63) is 118 Å². The fourth-order valence-corrected chi connectivity index (χ4v) is 7.98. The summed E-state index contributed by atoms with van der Waals surface area (Å²) >= 11 is 19.5. The first kappa shape index (κ1) is 37.5. The van der Waals surface area contributed by atoms with Crippen LogP contribution in [-0.4, -0.2) is 27.6 Å². The van der Waals surface area contributed by atoms with Gasteiger partial charge < -0.3 is 20.8 Å². The standard InChI is InChI=1S/C27H14Br6N6O9/c28-16-4-13(38(43)44)5-17(29)22(16)35-25(40)10-1-11(26(41)36-23-18(30)6-14(39(45)46)7-19(23)31)3-12(2-10)27(42)37-24-20(32)8-15(47-48-34)9-21(24)33/h1-9H,34H2,(H,35,40)(H,36,41)(H,37,42). The zero-order valence-electron chi connectivity index (χ0n) is 23.1. The van der Waals surface area contributed by atoms with Gasteiger partial charge in [-0.1, -0.05) is 4.99 Å². The van der Waals surface area contributed by atoms with Crippen molar-refractivity contribution in [3.63, 3.8) is 0 Å². The molecular weight excluding hydrogens is 1030 g/mol. The zero-order valence-corrected chi connectivity index (χ0v) is 32.6. The number of carbonyl (C=O) groups excluding carboxylic acids is 3. The molecule has 0 radical (unpaired) electrons. The molecule has 0 atom stereocenters. The monoisotopic (exact) mass is 1040 g/mol. The number of nitro benzene ring substituents is 2. The highest BCUT2D eigenvalue weighted by Crippen LogP contribution is 2.38. The predicted molar refractivity (Wildman–Crippen MR) is 195 cm³/mol. The normalized spacial score (nSPS) is 10.6. The number of hydrogen-bond acceptors (Lipinski definition) is 10. The molecule has 0 spiro atoms. The van der Waals surface area contributed by atoms with E-state index < -0.39 is 27.6 Å². The fraction of sp³-hybridized carbons (Fsp3) is 0. The molecule has 0 aliphatic carbocycles. The lowest BCUT2D eigenvalue weighted by molar-refractivity contribution is -0.385. The highest BCUT2D eigenvalue weighted by molar-refractivity contribution is 9.12. The molecule has 0 bridgehead atoms. The molecule has 4 aromatic carbocycles. The number of hydrogen-bond donors (Lipinski definition) is 4. The van der Waals surface area contributed by atoms with Crippen molar-refractivity contribution in [2.24, 2.45) is 5.90 Å². The smallest absolute Gasteiger partial charge is 0.271 e. The molecular formula is C27H14Br6N6O9. The van der Waals surface area contributed by atoms with E-state index in [1.54, 1.807) is 0 Å². The van der Waals surface area contributed by atoms with E-state index in [4.69, 9.17) is 10.8 Å². The van der Waals surface area contributed by atoms with Crippen LogP contribution in [0.25, 0.3) is 0 Å². The molecule has 21 heteroatoms. The minimum absolute atomic E-state index is 0.124. The Morgan fingerprint density at radius 1 is 0.542 bits per heavy atom. The first-order valence-corrected chi connectivity index (χ1v) is 17.2. The number of nitro groups is 2. The maximum Gasteiger partial charge on any atom is 0.271 e. The van der Waals surface area contributed by atoms with Gasteiger partial charge >= 0.3 is 0 Å². The summed E-state index contributed by atoms with van der Waals surface area (Å²) in [6.45, 7) is 0. The Hall–Kier alpha value is -3.31.